The van der Waals surface area contributed by atoms with E-state index in [0.717, 1.165) is 30.8 Å². The molecule has 0 aliphatic heterocycles. The van der Waals surface area contributed by atoms with Crippen LogP contribution >= 0.6 is 0 Å². The molecule has 19 heavy (non-hydrogen) atoms. The van der Waals surface area contributed by atoms with Crippen molar-refractivity contribution in [2.24, 2.45) is 0 Å². The van der Waals surface area contributed by atoms with Gasteiger partial charge in [0.15, 0.2) is 0 Å². The van der Waals surface area contributed by atoms with Crippen molar-refractivity contribution in [1.29, 1.82) is 5.26 Å². The fourth-order valence-electron chi connectivity index (χ4n) is 1.88. The Bertz CT molecular complexity index is 378. The van der Waals surface area contributed by atoms with E-state index >= 15 is 0 Å². The van der Waals surface area contributed by atoms with E-state index in [1.165, 1.54) is 0 Å². The van der Waals surface area contributed by atoms with Crippen molar-refractivity contribution in [3.8, 4) is 11.8 Å². The Labute approximate surface area is 115 Å². The fraction of sp³-hybridized carbons (Fsp3) is 0.533. The van der Waals surface area contributed by atoms with Crippen LogP contribution in [0.15, 0.2) is 24.3 Å². The molecular formula is C15H22N2O2. The third kappa shape index (κ3) is 6.23. The maximum atomic E-state index is 8.95. The molecule has 0 aliphatic carbocycles. The average Bonchev–Trinajstić information content (AvgIpc) is 2.41. The molecule has 0 heterocycles. The van der Waals surface area contributed by atoms with Crippen LogP contribution in [0.25, 0.3) is 0 Å². The lowest BCUT2D eigenvalue weighted by Crippen LogP contribution is -2.31. The largest absolute Gasteiger partial charge is 0.492 e. The van der Waals surface area contributed by atoms with Crippen LogP contribution in [0.1, 0.15) is 18.9 Å². The number of benzene rings is 1. The van der Waals surface area contributed by atoms with Gasteiger partial charge in [0.25, 0.3) is 0 Å². The summed E-state index contributed by atoms with van der Waals surface area (Å²) >= 11 is 0. The van der Waals surface area contributed by atoms with E-state index in [2.05, 4.69) is 17.9 Å². The van der Waals surface area contributed by atoms with Gasteiger partial charge in [-0.2, -0.15) is 5.26 Å². The molecule has 0 atom stereocenters. The normalized spacial score (nSPS) is 10.4. The highest BCUT2D eigenvalue weighted by molar-refractivity contribution is 5.28. The lowest BCUT2D eigenvalue weighted by atomic mass is 10.2. The van der Waals surface area contributed by atoms with Crippen LogP contribution in [-0.2, 0) is 6.42 Å². The molecule has 0 radical (unpaired) electrons. The first-order valence-electron chi connectivity index (χ1n) is 6.72. The minimum atomic E-state index is 0.183. The maximum absolute atomic E-state index is 8.95. The standard InChI is InChI=1S/C15H22N2O2/c1-2-9-17(10-12-18)11-13-19-15-5-3-14(4-6-15)7-8-16/h3-6,18H,2,7,9-13H2,1H3. The predicted octanol–water partition coefficient (Wildman–Crippen LogP) is 1.84. The molecule has 4 heteroatoms. The topological polar surface area (TPSA) is 56.5 Å². The van der Waals surface area contributed by atoms with Crippen molar-refractivity contribution in [3.63, 3.8) is 0 Å². The minimum absolute atomic E-state index is 0.183. The fourth-order valence-corrected chi connectivity index (χ4v) is 1.88. The second kappa shape index (κ2) is 9.37. The maximum Gasteiger partial charge on any atom is 0.119 e. The summed E-state index contributed by atoms with van der Waals surface area (Å²) in [4.78, 5) is 2.18. The first kappa shape index (κ1) is 15.5. The Morgan fingerprint density at radius 1 is 1.21 bits per heavy atom. The molecule has 0 aliphatic rings. The number of nitrogens with zero attached hydrogens (tertiary/aromatic N) is 2. The second-order valence-corrected chi connectivity index (χ2v) is 4.39. The van der Waals surface area contributed by atoms with Gasteiger partial charge >= 0.3 is 0 Å². The number of rotatable bonds is 9. The van der Waals surface area contributed by atoms with Crippen LogP contribution < -0.4 is 4.74 Å². The van der Waals surface area contributed by atoms with Crippen LogP contribution in [0.4, 0.5) is 0 Å². The monoisotopic (exact) mass is 262 g/mol. The highest BCUT2D eigenvalue weighted by atomic mass is 16.5. The number of ether oxygens (including phenoxy) is 1. The van der Waals surface area contributed by atoms with Gasteiger partial charge in [0, 0.05) is 13.1 Å². The van der Waals surface area contributed by atoms with Gasteiger partial charge in [-0.1, -0.05) is 19.1 Å². The molecular weight excluding hydrogens is 240 g/mol. The summed E-state index contributed by atoms with van der Waals surface area (Å²) in [6, 6.07) is 9.73. The molecule has 0 saturated carbocycles. The predicted molar refractivity (Wildman–Crippen MR) is 75.1 cm³/mol. The second-order valence-electron chi connectivity index (χ2n) is 4.39. The first-order chi connectivity index (χ1) is 9.30. The zero-order valence-electron chi connectivity index (χ0n) is 11.5. The zero-order chi connectivity index (χ0) is 13.9. The van der Waals surface area contributed by atoms with Crippen LogP contribution in [0.3, 0.4) is 0 Å². The molecule has 0 bridgehead atoms. The van der Waals surface area contributed by atoms with E-state index in [0.29, 0.717) is 19.6 Å². The molecule has 0 amide bonds. The minimum Gasteiger partial charge on any atom is -0.492 e. The Morgan fingerprint density at radius 3 is 2.53 bits per heavy atom. The number of aliphatic hydroxyl groups excluding tert-OH is 1. The molecule has 0 fully saturated rings. The third-order valence-electron chi connectivity index (χ3n) is 2.84. The average molecular weight is 262 g/mol. The summed E-state index contributed by atoms with van der Waals surface area (Å²) in [6.45, 7) is 5.40. The van der Waals surface area contributed by atoms with Crippen LogP contribution in [-0.4, -0.2) is 42.9 Å². The lowest BCUT2D eigenvalue weighted by molar-refractivity contribution is 0.168. The highest BCUT2D eigenvalue weighted by Gasteiger charge is 2.03. The number of hydrogen-bond acceptors (Lipinski definition) is 4. The van der Waals surface area contributed by atoms with Crippen LogP contribution in [0.5, 0.6) is 5.75 Å². The Balaban J connectivity index is 2.33. The van der Waals surface area contributed by atoms with Gasteiger partial charge < -0.3 is 9.84 Å². The molecule has 1 aromatic carbocycles. The van der Waals surface area contributed by atoms with Crippen molar-refractivity contribution in [3.05, 3.63) is 29.8 Å². The lowest BCUT2D eigenvalue weighted by Gasteiger charge is -2.20. The van der Waals surface area contributed by atoms with Crippen LogP contribution in [0.2, 0.25) is 0 Å². The molecule has 1 N–H and O–H groups in total. The quantitative estimate of drug-likeness (QED) is 0.737. The van der Waals surface area contributed by atoms with Gasteiger partial charge in [-0.25, -0.2) is 0 Å². The third-order valence-corrected chi connectivity index (χ3v) is 2.84. The molecule has 1 rings (SSSR count). The van der Waals surface area contributed by atoms with Gasteiger partial charge in [-0.3, -0.25) is 4.90 Å². The van der Waals surface area contributed by atoms with E-state index < -0.39 is 0 Å². The Morgan fingerprint density at radius 2 is 1.95 bits per heavy atom. The van der Waals surface area contributed by atoms with Crippen molar-refractivity contribution in [2.45, 2.75) is 19.8 Å². The summed E-state index contributed by atoms with van der Waals surface area (Å²) in [5.41, 5.74) is 1.00. The summed E-state index contributed by atoms with van der Waals surface area (Å²) in [5, 5.41) is 17.5. The SMILES string of the molecule is CCCN(CCO)CCOc1ccc(CC#N)cc1. The molecule has 1 aromatic rings. The van der Waals surface area contributed by atoms with Crippen molar-refractivity contribution >= 4 is 0 Å². The van der Waals surface area contributed by atoms with Gasteiger partial charge in [0.05, 0.1) is 19.1 Å². The van der Waals surface area contributed by atoms with E-state index in [9.17, 15) is 0 Å². The van der Waals surface area contributed by atoms with Crippen molar-refractivity contribution in [2.75, 3.05) is 32.8 Å². The Kier molecular flexibility index (Phi) is 7.64. The van der Waals surface area contributed by atoms with Crippen LogP contribution in [0, 0.1) is 11.3 Å². The molecule has 4 nitrogen and oxygen atoms in total. The van der Waals surface area contributed by atoms with Gasteiger partial charge in [-0.05, 0) is 30.7 Å². The van der Waals surface area contributed by atoms with E-state index in [4.69, 9.17) is 15.1 Å². The van der Waals surface area contributed by atoms with E-state index in [1.807, 2.05) is 24.3 Å². The molecule has 0 aromatic heterocycles. The van der Waals surface area contributed by atoms with Gasteiger partial charge in [0.1, 0.15) is 12.4 Å². The summed E-state index contributed by atoms with van der Waals surface area (Å²) in [6.07, 6.45) is 1.50. The Hall–Kier alpha value is -1.57. The first-order valence-corrected chi connectivity index (χ1v) is 6.72. The van der Waals surface area contributed by atoms with Gasteiger partial charge in [0.2, 0.25) is 0 Å². The zero-order valence-corrected chi connectivity index (χ0v) is 11.5. The molecule has 104 valence electrons. The summed E-state index contributed by atoms with van der Waals surface area (Å²) in [7, 11) is 0. The number of hydrogen-bond donors (Lipinski definition) is 1. The highest BCUT2D eigenvalue weighted by Crippen LogP contribution is 2.12. The van der Waals surface area contributed by atoms with Gasteiger partial charge in [-0.15, -0.1) is 0 Å². The summed E-state index contributed by atoms with van der Waals surface area (Å²) in [5.74, 6) is 0.821. The molecule has 0 saturated heterocycles. The van der Waals surface area contributed by atoms with Crippen molar-refractivity contribution < 1.29 is 9.84 Å². The summed E-state index contributed by atoms with van der Waals surface area (Å²) < 4.78 is 5.66. The smallest absolute Gasteiger partial charge is 0.119 e. The molecule has 0 spiro atoms. The van der Waals surface area contributed by atoms with E-state index in [1.54, 1.807) is 0 Å². The number of aliphatic hydroxyl groups is 1. The number of nitriles is 1. The van der Waals surface area contributed by atoms with Crippen molar-refractivity contribution in [1.82, 2.24) is 4.90 Å². The van der Waals surface area contributed by atoms with E-state index in [-0.39, 0.29) is 6.61 Å². The molecule has 0 unspecified atom stereocenters.